The highest BCUT2D eigenvalue weighted by Gasteiger charge is 2.45. The van der Waals surface area contributed by atoms with Gasteiger partial charge in [0, 0.05) is 11.8 Å². The van der Waals surface area contributed by atoms with E-state index in [2.05, 4.69) is 10.3 Å². The Labute approximate surface area is 166 Å². The van der Waals surface area contributed by atoms with Crippen LogP contribution in [0.2, 0.25) is 0 Å². The number of hydrogen-bond donors (Lipinski definition) is 1. The van der Waals surface area contributed by atoms with E-state index in [0.717, 1.165) is 4.90 Å². The van der Waals surface area contributed by atoms with E-state index in [1.165, 1.54) is 12.1 Å². The molecule has 0 saturated heterocycles. The van der Waals surface area contributed by atoms with Crippen molar-refractivity contribution in [1.29, 1.82) is 0 Å². The Balaban J connectivity index is 1.83. The van der Waals surface area contributed by atoms with Gasteiger partial charge < -0.3 is 24.9 Å². The van der Waals surface area contributed by atoms with Crippen molar-refractivity contribution in [3.05, 3.63) is 46.5 Å². The minimum Gasteiger partial charge on any atom is -0.494 e. The van der Waals surface area contributed by atoms with Crippen LogP contribution in [0.25, 0.3) is 0 Å². The van der Waals surface area contributed by atoms with Crippen LogP contribution < -0.4 is 19.7 Å². The van der Waals surface area contributed by atoms with E-state index < -0.39 is 28.2 Å². The van der Waals surface area contributed by atoms with Crippen LogP contribution in [0.3, 0.4) is 0 Å². The van der Waals surface area contributed by atoms with Crippen LogP contribution in [-0.2, 0) is 9.59 Å². The first kappa shape index (κ1) is 20.1. The summed E-state index contributed by atoms with van der Waals surface area (Å²) in [5.41, 5.74) is -0.727. The van der Waals surface area contributed by atoms with Crippen LogP contribution in [-0.4, -0.2) is 40.5 Å². The SMILES string of the molecule is CCOc1ccc(NC(=O)CN2C(=O)C(C)(C)Oc3ccc([N+](=O)[O-])nc32)cc1. The van der Waals surface area contributed by atoms with Crippen molar-refractivity contribution in [3.8, 4) is 11.5 Å². The number of nitrogens with one attached hydrogen (secondary N) is 1. The first-order valence-electron chi connectivity index (χ1n) is 8.90. The molecule has 29 heavy (non-hydrogen) atoms. The summed E-state index contributed by atoms with van der Waals surface area (Å²) in [7, 11) is 0. The highest BCUT2D eigenvalue weighted by atomic mass is 16.6. The molecule has 3 rings (SSSR count). The van der Waals surface area contributed by atoms with Gasteiger partial charge in [0.25, 0.3) is 11.7 Å². The fourth-order valence-corrected chi connectivity index (χ4v) is 2.83. The molecule has 1 N–H and O–H groups in total. The maximum absolute atomic E-state index is 12.8. The first-order valence-corrected chi connectivity index (χ1v) is 8.90. The number of aromatic nitrogens is 1. The fraction of sp³-hybridized carbons (Fsp3) is 0.316. The smallest absolute Gasteiger partial charge is 0.366 e. The summed E-state index contributed by atoms with van der Waals surface area (Å²) in [4.78, 5) is 40.7. The number of nitro groups is 1. The van der Waals surface area contributed by atoms with Crippen LogP contribution in [0.15, 0.2) is 36.4 Å². The summed E-state index contributed by atoms with van der Waals surface area (Å²) < 4.78 is 11.0. The van der Waals surface area contributed by atoms with E-state index in [1.54, 1.807) is 38.1 Å². The Morgan fingerprint density at radius 1 is 1.28 bits per heavy atom. The van der Waals surface area contributed by atoms with Gasteiger partial charge in [-0.25, -0.2) is 0 Å². The Hall–Kier alpha value is -3.69. The van der Waals surface area contributed by atoms with Crippen molar-refractivity contribution in [2.24, 2.45) is 0 Å². The van der Waals surface area contributed by atoms with Gasteiger partial charge in [-0.1, -0.05) is 0 Å². The van der Waals surface area contributed by atoms with Gasteiger partial charge >= 0.3 is 5.82 Å². The zero-order valence-corrected chi connectivity index (χ0v) is 16.2. The molecule has 0 spiro atoms. The molecule has 1 aromatic carbocycles. The molecule has 0 radical (unpaired) electrons. The number of rotatable bonds is 6. The average Bonchev–Trinajstić information content (AvgIpc) is 2.66. The normalized spacial score (nSPS) is 14.6. The number of hydrogen-bond acceptors (Lipinski definition) is 7. The van der Waals surface area contributed by atoms with Crippen LogP contribution in [0.4, 0.5) is 17.3 Å². The highest BCUT2D eigenvalue weighted by Crippen LogP contribution is 2.37. The quantitative estimate of drug-likeness (QED) is 0.583. The number of nitrogens with zero attached hydrogens (tertiary/aromatic N) is 3. The van der Waals surface area contributed by atoms with Crippen molar-refractivity contribution in [2.45, 2.75) is 26.4 Å². The molecule has 0 bridgehead atoms. The van der Waals surface area contributed by atoms with Gasteiger partial charge in [-0.05, 0) is 61.0 Å². The largest absolute Gasteiger partial charge is 0.494 e. The van der Waals surface area contributed by atoms with Crippen LogP contribution in [0, 0.1) is 10.1 Å². The number of pyridine rings is 1. The van der Waals surface area contributed by atoms with Crippen LogP contribution in [0.1, 0.15) is 20.8 Å². The second kappa shape index (κ2) is 7.74. The van der Waals surface area contributed by atoms with Crippen molar-refractivity contribution in [2.75, 3.05) is 23.4 Å². The van der Waals surface area contributed by atoms with Gasteiger partial charge in [0.15, 0.2) is 11.4 Å². The second-order valence-corrected chi connectivity index (χ2v) is 6.76. The predicted molar refractivity (Wildman–Crippen MR) is 104 cm³/mol. The third kappa shape index (κ3) is 4.26. The number of carbonyl (C=O) groups excluding carboxylic acids is 2. The number of amides is 2. The lowest BCUT2D eigenvalue weighted by atomic mass is 10.1. The van der Waals surface area contributed by atoms with E-state index in [0.29, 0.717) is 18.0 Å². The first-order chi connectivity index (χ1) is 13.7. The summed E-state index contributed by atoms with van der Waals surface area (Å²) in [5, 5.41) is 13.7. The predicted octanol–water partition coefficient (Wildman–Crippen LogP) is 2.53. The molecule has 1 aliphatic heterocycles. The van der Waals surface area contributed by atoms with E-state index in [-0.39, 0.29) is 18.1 Å². The topological polar surface area (TPSA) is 124 Å². The van der Waals surface area contributed by atoms with E-state index in [1.807, 2.05) is 6.92 Å². The minimum atomic E-state index is -1.25. The molecular weight excluding hydrogens is 380 g/mol. The Morgan fingerprint density at radius 3 is 2.59 bits per heavy atom. The van der Waals surface area contributed by atoms with E-state index in [9.17, 15) is 19.7 Å². The fourth-order valence-electron chi connectivity index (χ4n) is 2.83. The van der Waals surface area contributed by atoms with Gasteiger partial charge in [0.05, 0.1) is 6.61 Å². The lowest BCUT2D eigenvalue weighted by molar-refractivity contribution is -0.389. The summed E-state index contributed by atoms with van der Waals surface area (Å²) >= 11 is 0. The monoisotopic (exact) mass is 400 g/mol. The van der Waals surface area contributed by atoms with E-state index >= 15 is 0 Å². The Kier molecular flexibility index (Phi) is 5.35. The summed E-state index contributed by atoms with van der Waals surface area (Å²) in [6.45, 7) is 5.13. The molecule has 0 saturated carbocycles. The lowest BCUT2D eigenvalue weighted by Crippen LogP contribution is -2.54. The summed E-state index contributed by atoms with van der Waals surface area (Å²) in [5.74, 6) is -0.670. The maximum atomic E-state index is 12.8. The van der Waals surface area contributed by atoms with E-state index in [4.69, 9.17) is 9.47 Å². The molecule has 2 aromatic rings. The van der Waals surface area contributed by atoms with Crippen LogP contribution >= 0.6 is 0 Å². The number of anilines is 2. The molecule has 10 nitrogen and oxygen atoms in total. The Bertz CT molecular complexity index is 958. The molecular formula is C19H20N4O6. The highest BCUT2D eigenvalue weighted by molar-refractivity contribution is 6.07. The number of ether oxygens (including phenoxy) is 2. The van der Waals surface area contributed by atoms with Gasteiger partial charge in [0.2, 0.25) is 5.91 Å². The molecule has 2 amide bonds. The molecule has 2 heterocycles. The number of benzene rings is 1. The zero-order valence-electron chi connectivity index (χ0n) is 16.2. The molecule has 0 unspecified atom stereocenters. The molecule has 1 aromatic heterocycles. The lowest BCUT2D eigenvalue weighted by Gasteiger charge is -2.35. The van der Waals surface area contributed by atoms with Gasteiger partial charge in [-0.15, -0.1) is 0 Å². The van der Waals surface area contributed by atoms with Crippen molar-refractivity contribution in [3.63, 3.8) is 0 Å². The Morgan fingerprint density at radius 2 is 1.97 bits per heavy atom. The minimum absolute atomic E-state index is 0.0645. The molecule has 0 aliphatic carbocycles. The maximum Gasteiger partial charge on any atom is 0.366 e. The van der Waals surface area contributed by atoms with Crippen molar-refractivity contribution >= 4 is 29.1 Å². The molecule has 0 fully saturated rings. The molecule has 0 atom stereocenters. The molecule has 152 valence electrons. The van der Waals surface area contributed by atoms with Crippen LogP contribution in [0.5, 0.6) is 11.5 Å². The average molecular weight is 400 g/mol. The number of carbonyl (C=O) groups is 2. The third-order valence-electron chi connectivity index (χ3n) is 4.14. The molecule has 10 heteroatoms. The van der Waals surface area contributed by atoms with Gasteiger partial charge in [-0.3, -0.25) is 14.5 Å². The van der Waals surface area contributed by atoms with Gasteiger partial charge in [0.1, 0.15) is 12.3 Å². The summed E-state index contributed by atoms with van der Waals surface area (Å²) in [6.07, 6.45) is 0. The standard InChI is InChI=1S/C19H20N4O6/c1-4-28-13-7-5-12(6-8-13)20-16(24)11-22-17-14(29-19(2,3)18(22)25)9-10-15(21-17)23(26)27/h5-10H,4,11H2,1-3H3,(H,20,24). The third-order valence-corrected chi connectivity index (χ3v) is 4.14. The summed E-state index contributed by atoms with van der Waals surface area (Å²) in [6, 6.07) is 9.32. The zero-order chi connectivity index (χ0) is 21.2. The second-order valence-electron chi connectivity index (χ2n) is 6.76. The molecule has 1 aliphatic rings. The van der Waals surface area contributed by atoms with Gasteiger partial charge in [-0.2, -0.15) is 0 Å². The van der Waals surface area contributed by atoms with Crippen molar-refractivity contribution in [1.82, 2.24) is 4.98 Å². The van der Waals surface area contributed by atoms with Crippen molar-refractivity contribution < 1.29 is 24.0 Å². The number of fused-ring (bicyclic) bond motifs is 1.